The molecule has 1 aromatic heterocycles. The summed E-state index contributed by atoms with van der Waals surface area (Å²) in [7, 11) is 0. The zero-order chi connectivity index (χ0) is 12.7. The quantitative estimate of drug-likeness (QED) is 0.687. The Labute approximate surface area is 110 Å². The van der Waals surface area contributed by atoms with E-state index in [1.54, 1.807) is 0 Å². The molecule has 18 heavy (non-hydrogen) atoms. The third-order valence-corrected chi connectivity index (χ3v) is 3.14. The van der Waals surface area contributed by atoms with Crippen LogP contribution < -0.4 is 16.0 Å². The van der Waals surface area contributed by atoms with Gasteiger partial charge in [0, 0.05) is 5.69 Å². The summed E-state index contributed by atoms with van der Waals surface area (Å²) in [6, 6.07) is 10.0. The Kier molecular flexibility index (Phi) is 2.45. The molecule has 0 bridgehead atoms. The van der Waals surface area contributed by atoms with Gasteiger partial charge in [0.05, 0.1) is 0 Å². The lowest BCUT2D eigenvalue weighted by Crippen LogP contribution is -2.28. The van der Waals surface area contributed by atoms with Gasteiger partial charge in [0.15, 0.2) is 10.6 Å². The minimum Gasteiger partial charge on any atom is -0.383 e. The number of para-hydroxylation sites is 1. The van der Waals surface area contributed by atoms with Crippen molar-refractivity contribution in [2.24, 2.45) is 0 Å². The molecular formula is C12H13N5S. The van der Waals surface area contributed by atoms with E-state index in [1.165, 1.54) is 0 Å². The highest BCUT2D eigenvalue weighted by Gasteiger charge is 2.30. The van der Waals surface area contributed by atoms with E-state index < -0.39 is 0 Å². The molecule has 6 heteroatoms. The van der Waals surface area contributed by atoms with Crippen molar-refractivity contribution in [3.8, 4) is 0 Å². The molecule has 1 atom stereocenters. The van der Waals surface area contributed by atoms with Crippen LogP contribution in [-0.2, 0) is 0 Å². The van der Waals surface area contributed by atoms with Crippen LogP contribution in [0, 0.1) is 4.77 Å². The Morgan fingerprint density at radius 1 is 1.33 bits per heavy atom. The summed E-state index contributed by atoms with van der Waals surface area (Å²) < 4.78 is 0.392. The first kappa shape index (κ1) is 11.0. The molecule has 2 aromatic rings. The summed E-state index contributed by atoms with van der Waals surface area (Å²) >= 11 is 5.08. The Bertz CT molecular complexity index is 637. The summed E-state index contributed by atoms with van der Waals surface area (Å²) in [6.45, 7) is 2.05. The van der Waals surface area contributed by atoms with E-state index >= 15 is 0 Å². The SMILES string of the molecule is CC1Nc2c(nc(=S)[nH]c2N)N1c1ccccc1. The van der Waals surface area contributed by atoms with Gasteiger partial charge in [-0.05, 0) is 31.3 Å². The van der Waals surface area contributed by atoms with Crippen LogP contribution in [0.1, 0.15) is 6.92 Å². The summed E-state index contributed by atoms with van der Waals surface area (Å²) in [5.41, 5.74) is 7.79. The van der Waals surface area contributed by atoms with Crippen LogP contribution in [0.25, 0.3) is 0 Å². The van der Waals surface area contributed by atoms with E-state index in [2.05, 4.69) is 27.1 Å². The zero-order valence-corrected chi connectivity index (χ0v) is 10.7. The van der Waals surface area contributed by atoms with Crippen LogP contribution in [0.3, 0.4) is 0 Å². The second kappa shape index (κ2) is 3.99. The number of nitrogen functional groups attached to an aromatic ring is 1. The summed E-state index contributed by atoms with van der Waals surface area (Å²) in [4.78, 5) is 9.30. The summed E-state index contributed by atoms with van der Waals surface area (Å²) in [5, 5.41) is 3.30. The molecule has 0 spiro atoms. The number of nitrogens with two attached hydrogens (primary N) is 1. The number of benzene rings is 1. The third-order valence-electron chi connectivity index (χ3n) is 2.95. The zero-order valence-electron chi connectivity index (χ0n) is 9.84. The average molecular weight is 259 g/mol. The van der Waals surface area contributed by atoms with Crippen molar-refractivity contribution in [2.45, 2.75) is 13.1 Å². The molecular weight excluding hydrogens is 246 g/mol. The number of aromatic nitrogens is 2. The van der Waals surface area contributed by atoms with E-state index in [0.717, 1.165) is 17.2 Å². The van der Waals surface area contributed by atoms with E-state index in [4.69, 9.17) is 18.0 Å². The highest BCUT2D eigenvalue weighted by Crippen LogP contribution is 2.40. The molecule has 1 aliphatic rings. The molecule has 0 aliphatic carbocycles. The van der Waals surface area contributed by atoms with Gasteiger partial charge in [0.2, 0.25) is 0 Å². The van der Waals surface area contributed by atoms with Crippen LogP contribution in [0.15, 0.2) is 30.3 Å². The first-order valence-electron chi connectivity index (χ1n) is 5.67. The lowest BCUT2D eigenvalue weighted by Gasteiger charge is -2.22. The fourth-order valence-corrected chi connectivity index (χ4v) is 2.38. The maximum atomic E-state index is 5.92. The highest BCUT2D eigenvalue weighted by molar-refractivity contribution is 7.71. The normalized spacial score (nSPS) is 17.4. The summed E-state index contributed by atoms with van der Waals surface area (Å²) in [6.07, 6.45) is 0.0856. The molecule has 0 amide bonds. The molecule has 2 heterocycles. The van der Waals surface area contributed by atoms with E-state index in [9.17, 15) is 0 Å². The van der Waals surface area contributed by atoms with E-state index in [0.29, 0.717) is 10.6 Å². The molecule has 1 unspecified atom stereocenters. The van der Waals surface area contributed by atoms with Gasteiger partial charge in [-0.1, -0.05) is 18.2 Å². The molecule has 4 N–H and O–H groups in total. The van der Waals surface area contributed by atoms with Crippen molar-refractivity contribution in [3.05, 3.63) is 35.1 Å². The number of hydrogen-bond acceptors (Lipinski definition) is 5. The second-order valence-corrected chi connectivity index (χ2v) is 4.57. The van der Waals surface area contributed by atoms with Gasteiger partial charge in [0.1, 0.15) is 17.7 Å². The van der Waals surface area contributed by atoms with Crippen LogP contribution in [0.4, 0.5) is 23.0 Å². The molecule has 1 aromatic carbocycles. The molecule has 0 fully saturated rings. The standard InChI is InChI=1S/C12H13N5S/c1-7-14-9-10(13)15-12(18)16-11(9)17(7)8-5-3-2-4-6-8/h2-7,14H,1H3,(H3,13,15,16,18). The average Bonchev–Trinajstić information content (AvgIpc) is 2.67. The Morgan fingerprint density at radius 3 is 2.78 bits per heavy atom. The number of H-pyrrole nitrogens is 1. The largest absolute Gasteiger partial charge is 0.383 e. The molecule has 0 saturated carbocycles. The topological polar surface area (TPSA) is 70.0 Å². The lowest BCUT2D eigenvalue weighted by atomic mass is 10.3. The van der Waals surface area contributed by atoms with Gasteiger partial charge in [-0.25, -0.2) is 0 Å². The predicted molar refractivity (Wildman–Crippen MR) is 75.5 cm³/mol. The van der Waals surface area contributed by atoms with Gasteiger partial charge in [-0.3, -0.25) is 0 Å². The monoisotopic (exact) mass is 259 g/mol. The highest BCUT2D eigenvalue weighted by atomic mass is 32.1. The number of nitrogens with zero attached hydrogens (tertiary/aromatic N) is 2. The van der Waals surface area contributed by atoms with Gasteiger partial charge in [-0.15, -0.1) is 0 Å². The van der Waals surface area contributed by atoms with Crippen molar-refractivity contribution in [1.82, 2.24) is 9.97 Å². The van der Waals surface area contributed by atoms with Crippen LogP contribution in [0.2, 0.25) is 0 Å². The number of fused-ring (bicyclic) bond motifs is 1. The van der Waals surface area contributed by atoms with Crippen molar-refractivity contribution in [1.29, 1.82) is 0 Å². The Hall–Kier alpha value is -2.08. The molecule has 5 nitrogen and oxygen atoms in total. The minimum atomic E-state index is 0.0856. The van der Waals surface area contributed by atoms with Crippen molar-refractivity contribution in [2.75, 3.05) is 16.0 Å². The van der Waals surface area contributed by atoms with E-state index in [-0.39, 0.29) is 6.17 Å². The molecule has 92 valence electrons. The van der Waals surface area contributed by atoms with Crippen molar-refractivity contribution >= 4 is 35.2 Å². The smallest absolute Gasteiger partial charge is 0.200 e. The number of aromatic amines is 1. The van der Waals surface area contributed by atoms with Gasteiger partial charge in [0.25, 0.3) is 0 Å². The van der Waals surface area contributed by atoms with Crippen LogP contribution in [0.5, 0.6) is 0 Å². The lowest BCUT2D eigenvalue weighted by molar-refractivity contribution is 0.834. The van der Waals surface area contributed by atoms with Crippen LogP contribution in [-0.4, -0.2) is 16.1 Å². The molecule has 1 aliphatic heterocycles. The summed E-state index contributed by atoms with van der Waals surface area (Å²) in [5.74, 6) is 1.30. The fourth-order valence-electron chi connectivity index (χ4n) is 2.19. The second-order valence-electron chi connectivity index (χ2n) is 4.18. The Morgan fingerprint density at radius 2 is 2.06 bits per heavy atom. The maximum Gasteiger partial charge on any atom is 0.200 e. The van der Waals surface area contributed by atoms with Gasteiger partial charge < -0.3 is 20.9 Å². The number of hydrogen-bond donors (Lipinski definition) is 3. The molecule has 0 radical (unpaired) electrons. The number of anilines is 4. The first-order valence-corrected chi connectivity index (χ1v) is 6.08. The maximum absolute atomic E-state index is 5.92. The fraction of sp³-hybridized carbons (Fsp3) is 0.167. The number of rotatable bonds is 1. The van der Waals surface area contributed by atoms with Crippen molar-refractivity contribution < 1.29 is 0 Å². The minimum absolute atomic E-state index is 0.0856. The first-order chi connectivity index (χ1) is 8.66. The predicted octanol–water partition coefficient (Wildman–Crippen LogP) is 2.63. The molecule has 3 rings (SSSR count). The van der Waals surface area contributed by atoms with Crippen LogP contribution >= 0.6 is 12.2 Å². The third kappa shape index (κ3) is 1.62. The van der Waals surface area contributed by atoms with Gasteiger partial charge in [-0.2, -0.15) is 4.98 Å². The van der Waals surface area contributed by atoms with Gasteiger partial charge >= 0.3 is 0 Å². The van der Waals surface area contributed by atoms with Crippen molar-refractivity contribution in [3.63, 3.8) is 0 Å². The Balaban J connectivity index is 2.18. The van der Waals surface area contributed by atoms with E-state index in [1.807, 2.05) is 30.3 Å². The number of nitrogens with one attached hydrogen (secondary N) is 2. The molecule has 0 saturated heterocycles.